The summed E-state index contributed by atoms with van der Waals surface area (Å²) in [5.74, 6) is -4.72. The van der Waals surface area contributed by atoms with Gasteiger partial charge in [0.2, 0.25) is 35.4 Å². The molecule has 0 saturated carbocycles. The number of hydrogen-bond acceptors (Lipinski definition) is 11. The molecule has 3 rings (SSSR count). The van der Waals surface area contributed by atoms with Crippen molar-refractivity contribution in [2.75, 3.05) is 19.8 Å². The minimum Gasteiger partial charge on any atom is -0.394 e. The first-order valence-corrected chi connectivity index (χ1v) is 20.1. The Morgan fingerprint density at radius 1 is 0.982 bits per heavy atom. The second kappa shape index (κ2) is 22.2. The molecule has 20 heteroatoms. The molecule has 9 N–H and O–H groups in total. The number of aryl methyl sites for hydroxylation is 1. The van der Waals surface area contributed by atoms with Gasteiger partial charge in [-0.25, -0.2) is 9.55 Å². The molecule has 7 atom stereocenters. The molecule has 1 aromatic carbocycles. The number of likely N-dealkylation sites (tertiary alicyclic amines) is 1. The quantitative estimate of drug-likeness (QED) is 0.0543. The number of H-pyrrole nitrogens is 1. The zero-order valence-electron chi connectivity index (χ0n) is 32.1. The number of nitrogens with zero attached hydrogens (tertiary/aromatic N) is 2. The van der Waals surface area contributed by atoms with Gasteiger partial charge in [0.25, 0.3) is 0 Å². The van der Waals surface area contributed by atoms with Crippen LogP contribution in [-0.4, -0.2) is 116 Å². The molecule has 0 spiro atoms. The van der Waals surface area contributed by atoms with E-state index in [0.717, 1.165) is 12.0 Å². The van der Waals surface area contributed by atoms with E-state index in [9.17, 15) is 43.3 Å². The number of aromatic nitrogens is 2. The zero-order valence-corrected chi connectivity index (χ0v) is 33.0. The van der Waals surface area contributed by atoms with Crippen molar-refractivity contribution in [3.05, 3.63) is 54.1 Å². The average Bonchev–Trinajstić information content (AvgIpc) is 3.85. The molecule has 19 nitrogen and oxygen atoms in total. The van der Waals surface area contributed by atoms with Crippen molar-refractivity contribution in [3.63, 3.8) is 0 Å². The lowest BCUT2D eigenvalue weighted by Gasteiger charge is -2.28. The van der Waals surface area contributed by atoms with Gasteiger partial charge in [-0.1, -0.05) is 44.2 Å². The van der Waals surface area contributed by atoms with Crippen LogP contribution in [0, 0.1) is 5.92 Å². The molecule has 0 radical (unpaired) electrons. The minimum atomic E-state index is -4.72. The Morgan fingerprint density at radius 2 is 1.64 bits per heavy atom. The van der Waals surface area contributed by atoms with Gasteiger partial charge in [-0.05, 0) is 56.9 Å². The number of nitrogens with one attached hydrogen (secondary N) is 5. The molecular formula is C36H55N8O11P. The summed E-state index contributed by atoms with van der Waals surface area (Å²) in [6.07, 6.45) is 4.22. The van der Waals surface area contributed by atoms with E-state index in [-0.39, 0.29) is 31.3 Å². The van der Waals surface area contributed by atoms with Gasteiger partial charge in [0, 0.05) is 31.8 Å². The van der Waals surface area contributed by atoms with Crippen molar-refractivity contribution in [2.45, 2.75) is 109 Å². The number of aliphatic hydroxyl groups excluding tert-OH is 1. The maximum atomic E-state index is 13.7. The second-order valence-electron chi connectivity index (χ2n) is 14.1. The molecule has 1 fully saturated rings. The molecule has 2 heterocycles. The van der Waals surface area contributed by atoms with E-state index in [2.05, 4.69) is 31.2 Å². The molecular weight excluding hydrogens is 751 g/mol. The second-order valence-corrected chi connectivity index (χ2v) is 15.5. The summed E-state index contributed by atoms with van der Waals surface area (Å²) in [6.45, 7) is 5.58. The van der Waals surface area contributed by atoms with Crippen LogP contribution in [0.1, 0.15) is 71.1 Å². The molecule has 6 amide bonds. The number of hydrogen-bond donors (Lipinski definition) is 8. The Kier molecular flexibility index (Phi) is 18.1. The number of primary amides is 1. The molecule has 1 unspecified atom stereocenters. The number of carbonyl (C=O) groups excluding carboxylic acids is 6. The summed E-state index contributed by atoms with van der Waals surface area (Å²) >= 11 is 0. The molecule has 56 heavy (non-hydrogen) atoms. The number of benzene rings is 1. The first-order valence-electron chi connectivity index (χ1n) is 18.6. The summed E-state index contributed by atoms with van der Waals surface area (Å²) in [6, 6.07) is 3.04. The molecule has 0 bridgehead atoms. The number of amides is 6. The third-order valence-electron chi connectivity index (χ3n) is 9.06. The SMILES string of the molecule is CC(=O)N1CCC[C@H]1C(=O)N[C@@H](CC(C)C)C(=O)N[C@@H](Cc1cnc[nH]1)C(=O)N[C@@H](CO)C(=O)N[C@H](C(N)=O)[C@@H](C)OP(=O)(O)OCCCCc1ccccc1. The highest BCUT2D eigenvalue weighted by Crippen LogP contribution is 2.45. The number of phosphoric ester groups is 1. The van der Waals surface area contributed by atoms with Crippen LogP contribution in [0.3, 0.4) is 0 Å². The summed E-state index contributed by atoms with van der Waals surface area (Å²) in [5, 5.41) is 20.0. The van der Waals surface area contributed by atoms with E-state index >= 15 is 0 Å². The number of phosphoric acid groups is 1. The predicted molar refractivity (Wildman–Crippen MR) is 202 cm³/mol. The smallest absolute Gasteiger partial charge is 0.394 e. The van der Waals surface area contributed by atoms with E-state index in [0.29, 0.717) is 37.9 Å². The number of carbonyl (C=O) groups is 6. The van der Waals surface area contributed by atoms with Crippen LogP contribution in [0.4, 0.5) is 0 Å². The number of unbranched alkanes of at least 4 members (excludes halogenated alkanes) is 1. The fourth-order valence-electron chi connectivity index (χ4n) is 6.18. The van der Waals surface area contributed by atoms with Crippen molar-refractivity contribution in [2.24, 2.45) is 11.7 Å². The Bertz CT molecular complexity index is 1660. The third-order valence-corrected chi connectivity index (χ3v) is 10.2. The van der Waals surface area contributed by atoms with E-state index in [1.807, 2.05) is 44.2 Å². The normalized spacial score (nSPS) is 17.8. The van der Waals surface area contributed by atoms with E-state index in [1.54, 1.807) is 0 Å². The lowest BCUT2D eigenvalue weighted by Crippen LogP contribution is -2.61. The number of imidazole rings is 1. The highest BCUT2D eigenvalue weighted by Gasteiger charge is 2.37. The van der Waals surface area contributed by atoms with E-state index in [4.69, 9.17) is 14.8 Å². The number of aliphatic hydroxyl groups is 1. The largest absolute Gasteiger partial charge is 0.472 e. The van der Waals surface area contributed by atoms with Crippen molar-refractivity contribution in [1.29, 1.82) is 0 Å². The first kappa shape index (κ1) is 45.7. The Balaban J connectivity index is 1.65. The van der Waals surface area contributed by atoms with Crippen LogP contribution in [0.2, 0.25) is 0 Å². The van der Waals surface area contributed by atoms with Crippen molar-refractivity contribution in [1.82, 2.24) is 36.1 Å². The minimum absolute atomic E-state index is 0.0679. The molecule has 1 aliphatic rings. The lowest BCUT2D eigenvalue weighted by molar-refractivity contribution is -0.139. The predicted octanol–water partition coefficient (Wildman–Crippen LogP) is -0.0290. The number of aromatic amines is 1. The van der Waals surface area contributed by atoms with Crippen LogP contribution >= 0.6 is 7.82 Å². The van der Waals surface area contributed by atoms with Gasteiger partial charge in [-0.15, -0.1) is 0 Å². The van der Waals surface area contributed by atoms with Crippen LogP contribution in [0.25, 0.3) is 0 Å². The maximum absolute atomic E-state index is 13.7. The van der Waals surface area contributed by atoms with Gasteiger partial charge >= 0.3 is 7.82 Å². The fourth-order valence-corrected chi connectivity index (χ4v) is 7.14. The summed E-state index contributed by atoms with van der Waals surface area (Å²) in [4.78, 5) is 96.7. The van der Waals surface area contributed by atoms with Crippen LogP contribution in [0.15, 0.2) is 42.9 Å². The topological polar surface area (TPSA) is 284 Å². The highest BCUT2D eigenvalue weighted by atomic mass is 31.2. The lowest BCUT2D eigenvalue weighted by atomic mass is 10.0. The van der Waals surface area contributed by atoms with Gasteiger partial charge < -0.3 is 46.9 Å². The summed E-state index contributed by atoms with van der Waals surface area (Å²) in [5.41, 5.74) is 7.00. The summed E-state index contributed by atoms with van der Waals surface area (Å²) in [7, 11) is -4.72. The molecule has 310 valence electrons. The molecule has 1 saturated heterocycles. The number of nitrogens with two attached hydrogens (primary N) is 1. The maximum Gasteiger partial charge on any atom is 0.472 e. The van der Waals surface area contributed by atoms with Gasteiger partial charge in [0.1, 0.15) is 30.2 Å². The fraction of sp³-hybridized carbons (Fsp3) is 0.583. The molecule has 2 aromatic rings. The Labute approximate surface area is 325 Å². The Hall–Kier alpha value is -4.68. The van der Waals surface area contributed by atoms with Crippen LogP contribution in [0.5, 0.6) is 0 Å². The molecule has 0 aliphatic carbocycles. The van der Waals surface area contributed by atoms with Crippen molar-refractivity contribution >= 4 is 43.3 Å². The van der Waals surface area contributed by atoms with E-state index in [1.165, 1.54) is 31.3 Å². The highest BCUT2D eigenvalue weighted by molar-refractivity contribution is 7.47. The monoisotopic (exact) mass is 806 g/mol. The third kappa shape index (κ3) is 14.8. The Morgan fingerprint density at radius 3 is 2.25 bits per heavy atom. The van der Waals surface area contributed by atoms with Gasteiger partial charge in [-0.2, -0.15) is 0 Å². The average molecular weight is 807 g/mol. The van der Waals surface area contributed by atoms with Gasteiger partial charge in [-0.3, -0.25) is 37.8 Å². The van der Waals surface area contributed by atoms with Crippen molar-refractivity contribution in [3.8, 4) is 0 Å². The molecule has 1 aromatic heterocycles. The van der Waals surface area contributed by atoms with Crippen molar-refractivity contribution < 1.29 is 52.4 Å². The van der Waals surface area contributed by atoms with E-state index < -0.39 is 80.3 Å². The zero-order chi connectivity index (χ0) is 41.4. The van der Waals surface area contributed by atoms with Gasteiger partial charge in [0.05, 0.1) is 25.6 Å². The van der Waals surface area contributed by atoms with Gasteiger partial charge in [0.15, 0.2) is 0 Å². The van der Waals surface area contributed by atoms with Crippen LogP contribution < -0.4 is 27.0 Å². The summed E-state index contributed by atoms with van der Waals surface area (Å²) < 4.78 is 22.8. The van der Waals surface area contributed by atoms with Crippen LogP contribution in [-0.2, 0) is 55.2 Å². The standard InChI is InChI=1S/C36H55N8O11P/c1-22(2)17-27(41-36(51)30-14-10-15-44(30)24(4)46)33(48)40-28(18-26-19-38-21-39-26)34(49)42-29(20-45)35(50)43-31(32(37)47)23(3)55-56(52,53)54-16-9-8-13-25-11-6-5-7-12-25/h5-7,11-12,19,21-23,27-31,45H,8-10,13-18,20H2,1-4H3,(H2,37,47)(H,38,39)(H,40,48)(H,41,51)(H,42,49)(H,43,50)(H,52,53)/t23-,27+,28+,29+,30+,31+/m1/s1. The number of rotatable bonds is 23. The molecule has 1 aliphatic heterocycles. The first-order chi connectivity index (χ1) is 26.5.